The summed E-state index contributed by atoms with van der Waals surface area (Å²) in [6, 6.07) is 14.7. The summed E-state index contributed by atoms with van der Waals surface area (Å²) in [5.74, 6) is 1.36. The van der Waals surface area contributed by atoms with E-state index in [1.54, 1.807) is 12.0 Å². The zero-order valence-electron chi connectivity index (χ0n) is 19.2. The third kappa shape index (κ3) is 7.02. The number of hydrogen-bond acceptors (Lipinski definition) is 4. The van der Waals surface area contributed by atoms with Crippen LogP contribution in [0.25, 0.3) is 0 Å². The van der Waals surface area contributed by atoms with Gasteiger partial charge in [0.2, 0.25) is 5.91 Å². The summed E-state index contributed by atoms with van der Waals surface area (Å²) in [4.78, 5) is 27.4. The lowest BCUT2D eigenvalue weighted by Gasteiger charge is -2.30. The molecule has 1 atom stereocenters. The van der Waals surface area contributed by atoms with Crippen LogP contribution in [-0.2, 0) is 16.1 Å². The fourth-order valence-corrected chi connectivity index (χ4v) is 3.36. The van der Waals surface area contributed by atoms with Crippen molar-refractivity contribution in [2.45, 2.75) is 52.6 Å². The highest BCUT2D eigenvalue weighted by molar-refractivity contribution is 5.88. The van der Waals surface area contributed by atoms with Crippen LogP contribution in [0, 0.1) is 0 Å². The SMILES string of the molecule is CCNC(=O)[C@H](CC)N(Cc1cccc(OC)c1)C(=O)COc1ccc(C(C)C)cc1. The minimum Gasteiger partial charge on any atom is -0.497 e. The Morgan fingerprint density at radius 1 is 1.03 bits per heavy atom. The normalized spacial score (nSPS) is 11.7. The fraction of sp³-hybridized carbons (Fsp3) is 0.440. The quantitative estimate of drug-likeness (QED) is 0.586. The van der Waals surface area contributed by atoms with Crippen molar-refractivity contribution in [1.82, 2.24) is 10.2 Å². The van der Waals surface area contributed by atoms with Crippen molar-refractivity contribution in [1.29, 1.82) is 0 Å². The van der Waals surface area contributed by atoms with Gasteiger partial charge in [0.05, 0.1) is 7.11 Å². The lowest BCUT2D eigenvalue weighted by molar-refractivity contribution is -0.142. The molecular formula is C25H34N2O4. The molecule has 2 amide bonds. The molecule has 2 rings (SSSR count). The Labute approximate surface area is 185 Å². The summed E-state index contributed by atoms with van der Waals surface area (Å²) in [6.45, 7) is 8.68. The molecule has 0 aromatic heterocycles. The smallest absolute Gasteiger partial charge is 0.261 e. The zero-order valence-corrected chi connectivity index (χ0v) is 19.2. The second kappa shape index (κ2) is 12.0. The largest absolute Gasteiger partial charge is 0.497 e. The van der Waals surface area contributed by atoms with E-state index in [1.807, 2.05) is 62.4 Å². The topological polar surface area (TPSA) is 67.9 Å². The molecule has 2 aromatic carbocycles. The van der Waals surface area contributed by atoms with Crippen LogP contribution in [0.3, 0.4) is 0 Å². The van der Waals surface area contributed by atoms with Crippen LogP contribution in [0.1, 0.15) is 51.2 Å². The van der Waals surface area contributed by atoms with Gasteiger partial charge in [-0.2, -0.15) is 0 Å². The van der Waals surface area contributed by atoms with Crippen molar-refractivity contribution in [3.8, 4) is 11.5 Å². The number of methoxy groups -OCH3 is 1. The highest BCUT2D eigenvalue weighted by Crippen LogP contribution is 2.20. The van der Waals surface area contributed by atoms with Crippen LogP contribution in [0.2, 0.25) is 0 Å². The van der Waals surface area contributed by atoms with E-state index in [2.05, 4.69) is 19.2 Å². The Kier molecular flexibility index (Phi) is 9.38. The number of carbonyl (C=O) groups is 2. The molecule has 0 aliphatic carbocycles. The van der Waals surface area contributed by atoms with E-state index in [1.165, 1.54) is 5.56 Å². The minimum atomic E-state index is -0.578. The van der Waals surface area contributed by atoms with Crippen molar-refractivity contribution in [2.24, 2.45) is 0 Å². The minimum absolute atomic E-state index is 0.138. The predicted molar refractivity (Wildman–Crippen MR) is 122 cm³/mol. The highest BCUT2D eigenvalue weighted by Gasteiger charge is 2.28. The number of carbonyl (C=O) groups excluding carboxylic acids is 2. The van der Waals surface area contributed by atoms with Crippen LogP contribution in [-0.4, -0.2) is 43.0 Å². The van der Waals surface area contributed by atoms with Crippen molar-refractivity contribution in [3.63, 3.8) is 0 Å². The number of ether oxygens (including phenoxy) is 2. The lowest BCUT2D eigenvalue weighted by Crippen LogP contribution is -2.50. The number of nitrogens with zero attached hydrogens (tertiary/aromatic N) is 1. The van der Waals surface area contributed by atoms with E-state index in [9.17, 15) is 9.59 Å². The van der Waals surface area contributed by atoms with Crippen LogP contribution >= 0.6 is 0 Å². The summed E-state index contributed by atoms with van der Waals surface area (Å²) in [7, 11) is 1.60. The predicted octanol–water partition coefficient (Wildman–Crippen LogP) is 4.14. The van der Waals surface area contributed by atoms with Crippen LogP contribution < -0.4 is 14.8 Å². The molecule has 0 fully saturated rings. The standard InChI is InChI=1S/C25H34N2O4/c1-6-23(25(29)26-7-2)27(16-19-9-8-10-22(15-19)30-5)24(28)17-31-21-13-11-20(12-14-21)18(3)4/h8-15,18,23H,6-7,16-17H2,1-5H3,(H,26,29)/t23-/m0/s1. The second-order valence-corrected chi connectivity index (χ2v) is 7.70. The first-order chi connectivity index (χ1) is 14.9. The Morgan fingerprint density at radius 3 is 2.32 bits per heavy atom. The molecule has 1 N–H and O–H groups in total. The first kappa shape index (κ1) is 24.3. The van der Waals surface area contributed by atoms with Crippen molar-refractivity contribution >= 4 is 11.8 Å². The summed E-state index contributed by atoms with van der Waals surface area (Å²) in [5, 5.41) is 2.83. The van der Waals surface area contributed by atoms with Gasteiger partial charge in [0, 0.05) is 13.1 Å². The summed E-state index contributed by atoms with van der Waals surface area (Å²) < 4.78 is 11.0. The molecule has 0 bridgehead atoms. The molecule has 0 radical (unpaired) electrons. The highest BCUT2D eigenvalue weighted by atomic mass is 16.5. The molecular weight excluding hydrogens is 392 g/mol. The van der Waals surface area contributed by atoms with E-state index in [0.29, 0.717) is 36.9 Å². The average molecular weight is 427 g/mol. The van der Waals surface area contributed by atoms with Crippen molar-refractivity contribution in [3.05, 3.63) is 59.7 Å². The molecule has 168 valence electrons. The monoisotopic (exact) mass is 426 g/mol. The van der Waals surface area contributed by atoms with Gasteiger partial charge in [-0.1, -0.05) is 45.0 Å². The molecule has 6 nitrogen and oxygen atoms in total. The maximum absolute atomic E-state index is 13.1. The van der Waals surface area contributed by atoms with Crippen LogP contribution in [0.5, 0.6) is 11.5 Å². The van der Waals surface area contributed by atoms with E-state index < -0.39 is 6.04 Å². The number of likely N-dealkylation sites (N-methyl/N-ethyl adjacent to an activating group) is 1. The molecule has 31 heavy (non-hydrogen) atoms. The third-order valence-electron chi connectivity index (χ3n) is 5.13. The Bertz CT molecular complexity index is 849. The maximum atomic E-state index is 13.1. The van der Waals surface area contributed by atoms with Gasteiger partial charge in [0.15, 0.2) is 6.61 Å². The Morgan fingerprint density at radius 2 is 1.74 bits per heavy atom. The van der Waals surface area contributed by atoms with Gasteiger partial charge in [0.25, 0.3) is 5.91 Å². The average Bonchev–Trinajstić information content (AvgIpc) is 2.77. The molecule has 0 saturated carbocycles. The first-order valence-corrected chi connectivity index (χ1v) is 10.8. The van der Waals surface area contributed by atoms with Gasteiger partial charge in [-0.3, -0.25) is 9.59 Å². The van der Waals surface area contributed by atoms with Gasteiger partial charge in [0.1, 0.15) is 17.5 Å². The van der Waals surface area contributed by atoms with E-state index in [4.69, 9.17) is 9.47 Å². The first-order valence-electron chi connectivity index (χ1n) is 10.8. The lowest BCUT2D eigenvalue weighted by atomic mass is 10.0. The Balaban J connectivity index is 2.18. The number of benzene rings is 2. The number of hydrogen-bond donors (Lipinski definition) is 1. The van der Waals surface area contributed by atoms with Gasteiger partial charge in [-0.25, -0.2) is 0 Å². The zero-order chi connectivity index (χ0) is 22.8. The van der Waals surface area contributed by atoms with E-state index in [0.717, 1.165) is 5.56 Å². The molecule has 0 saturated heterocycles. The fourth-order valence-electron chi connectivity index (χ4n) is 3.36. The van der Waals surface area contributed by atoms with E-state index >= 15 is 0 Å². The maximum Gasteiger partial charge on any atom is 0.261 e. The molecule has 0 aliphatic heterocycles. The van der Waals surface area contributed by atoms with Crippen molar-refractivity contribution in [2.75, 3.05) is 20.3 Å². The summed E-state index contributed by atoms with van der Waals surface area (Å²) in [5.41, 5.74) is 2.09. The number of amides is 2. The van der Waals surface area contributed by atoms with Gasteiger partial charge in [-0.15, -0.1) is 0 Å². The van der Waals surface area contributed by atoms with Crippen molar-refractivity contribution < 1.29 is 19.1 Å². The molecule has 0 aliphatic rings. The van der Waals surface area contributed by atoms with Gasteiger partial charge in [-0.05, 0) is 54.7 Å². The molecule has 0 heterocycles. The number of rotatable bonds is 11. The summed E-state index contributed by atoms with van der Waals surface area (Å²) >= 11 is 0. The third-order valence-corrected chi connectivity index (χ3v) is 5.13. The van der Waals surface area contributed by atoms with E-state index in [-0.39, 0.29) is 18.4 Å². The van der Waals surface area contributed by atoms with Crippen LogP contribution in [0.15, 0.2) is 48.5 Å². The second-order valence-electron chi connectivity index (χ2n) is 7.70. The van der Waals surface area contributed by atoms with Gasteiger partial charge < -0.3 is 19.7 Å². The number of nitrogens with one attached hydrogen (secondary N) is 1. The molecule has 0 unspecified atom stereocenters. The molecule has 6 heteroatoms. The van der Waals surface area contributed by atoms with Gasteiger partial charge >= 0.3 is 0 Å². The summed E-state index contributed by atoms with van der Waals surface area (Å²) in [6.07, 6.45) is 0.505. The Hall–Kier alpha value is -3.02. The molecule has 0 spiro atoms. The molecule has 2 aromatic rings. The van der Waals surface area contributed by atoms with Crippen LogP contribution in [0.4, 0.5) is 0 Å².